The molecular formula is C22H17N3O. The summed E-state index contributed by atoms with van der Waals surface area (Å²) in [5, 5.41) is 2.88. The van der Waals surface area contributed by atoms with Crippen LogP contribution in [0.1, 0.15) is 5.56 Å². The molecule has 126 valence electrons. The molecule has 0 aliphatic carbocycles. The number of aromatic amines is 1. The highest BCUT2D eigenvalue weighted by molar-refractivity contribution is 6.02. The van der Waals surface area contributed by atoms with Crippen LogP contribution in [0, 0.1) is 0 Å². The van der Waals surface area contributed by atoms with Gasteiger partial charge in [0, 0.05) is 17.3 Å². The zero-order valence-electron chi connectivity index (χ0n) is 14.0. The molecule has 0 unspecified atom stereocenters. The van der Waals surface area contributed by atoms with E-state index >= 15 is 0 Å². The maximum atomic E-state index is 12.1. The van der Waals surface area contributed by atoms with Crippen LogP contribution in [0.15, 0.2) is 84.9 Å². The van der Waals surface area contributed by atoms with Gasteiger partial charge in [0.2, 0.25) is 5.91 Å². The lowest BCUT2D eigenvalue weighted by molar-refractivity contribution is -0.111. The van der Waals surface area contributed by atoms with E-state index in [-0.39, 0.29) is 5.91 Å². The molecular weight excluding hydrogens is 322 g/mol. The Balaban J connectivity index is 1.52. The van der Waals surface area contributed by atoms with Crippen molar-refractivity contribution in [1.29, 1.82) is 0 Å². The maximum Gasteiger partial charge on any atom is 0.248 e. The number of carbonyl (C=O) groups excluding carboxylic acids is 1. The van der Waals surface area contributed by atoms with Crippen molar-refractivity contribution < 1.29 is 4.79 Å². The molecule has 4 nitrogen and oxygen atoms in total. The summed E-state index contributed by atoms with van der Waals surface area (Å²) >= 11 is 0. The van der Waals surface area contributed by atoms with Crippen molar-refractivity contribution in [2.24, 2.45) is 0 Å². The van der Waals surface area contributed by atoms with E-state index in [2.05, 4.69) is 15.3 Å². The number of imidazole rings is 1. The highest BCUT2D eigenvalue weighted by atomic mass is 16.1. The summed E-state index contributed by atoms with van der Waals surface area (Å²) in [6.07, 6.45) is 3.32. The lowest BCUT2D eigenvalue weighted by Gasteiger charge is -2.01. The van der Waals surface area contributed by atoms with Gasteiger partial charge in [-0.2, -0.15) is 0 Å². The van der Waals surface area contributed by atoms with Crippen LogP contribution in [0.5, 0.6) is 0 Å². The number of carbonyl (C=O) groups is 1. The molecule has 1 amide bonds. The third kappa shape index (κ3) is 3.54. The van der Waals surface area contributed by atoms with Gasteiger partial charge in [-0.15, -0.1) is 0 Å². The number of amides is 1. The van der Waals surface area contributed by atoms with E-state index in [1.54, 1.807) is 6.08 Å². The van der Waals surface area contributed by atoms with Crippen LogP contribution in [-0.2, 0) is 4.79 Å². The Morgan fingerprint density at radius 1 is 0.923 bits per heavy atom. The minimum Gasteiger partial charge on any atom is -0.338 e. The third-order valence-electron chi connectivity index (χ3n) is 4.02. The quantitative estimate of drug-likeness (QED) is 0.521. The van der Waals surface area contributed by atoms with Gasteiger partial charge in [-0.25, -0.2) is 4.98 Å². The Kier molecular flexibility index (Phi) is 4.31. The normalized spacial score (nSPS) is 11.1. The molecule has 1 aromatic heterocycles. The van der Waals surface area contributed by atoms with Gasteiger partial charge in [0.05, 0.1) is 11.0 Å². The number of rotatable bonds is 4. The smallest absolute Gasteiger partial charge is 0.248 e. The Bertz CT molecular complexity index is 1070. The minimum atomic E-state index is -0.170. The number of hydrogen-bond acceptors (Lipinski definition) is 2. The molecule has 0 spiro atoms. The van der Waals surface area contributed by atoms with E-state index in [0.717, 1.165) is 33.7 Å². The standard InChI is InChI=1S/C22H17N3O/c26-21(14-11-16-7-3-1-4-8-16)23-18-12-13-19-20(15-18)25-22(24-19)17-9-5-2-6-10-17/h1-15H,(H,23,26)(H,24,25)/b14-11+. The number of nitrogens with zero attached hydrogens (tertiary/aromatic N) is 1. The highest BCUT2D eigenvalue weighted by Crippen LogP contribution is 2.22. The summed E-state index contributed by atoms with van der Waals surface area (Å²) in [6.45, 7) is 0. The lowest BCUT2D eigenvalue weighted by atomic mass is 10.2. The van der Waals surface area contributed by atoms with Crippen molar-refractivity contribution in [1.82, 2.24) is 9.97 Å². The van der Waals surface area contributed by atoms with E-state index in [9.17, 15) is 4.79 Å². The topological polar surface area (TPSA) is 57.8 Å². The summed E-state index contributed by atoms with van der Waals surface area (Å²) < 4.78 is 0. The monoisotopic (exact) mass is 339 g/mol. The van der Waals surface area contributed by atoms with Crippen molar-refractivity contribution in [2.75, 3.05) is 5.32 Å². The van der Waals surface area contributed by atoms with Crippen LogP contribution in [0.25, 0.3) is 28.5 Å². The molecule has 0 aliphatic rings. The summed E-state index contributed by atoms with van der Waals surface area (Å²) in [6, 6.07) is 25.3. The molecule has 4 heteroatoms. The predicted octanol–water partition coefficient (Wildman–Crippen LogP) is 4.88. The van der Waals surface area contributed by atoms with E-state index in [1.165, 1.54) is 6.08 Å². The van der Waals surface area contributed by atoms with Gasteiger partial charge >= 0.3 is 0 Å². The Morgan fingerprint density at radius 2 is 1.65 bits per heavy atom. The van der Waals surface area contributed by atoms with Gasteiger partial charge in [0.1, 0.15) is 5.82 Å². The van der Waals surface area contributed by atoms with Gasteiger partial charge in [-0.05, 0) is 29.8 Å². The fourth-order valence-electron chi connectivity index (χ4n) is 2.74. The van der Waals surface area contributed by atoms with E-state index in [4.69, 9.17) is 0 Å². The lowest BCUT2D eigenvalue weighted by Crippen LogP contribution is -2.07. The van der Waals surface area contributed by atoms with E-state index in [1.807, 2.05) is 78.9 Å². The first-order valence-corrected chi connectivity index (χ1v) is 8.37. The molecule has 0 radical (unpaired) electrons. The average Bonchev–Trinajstić information content (AvgIpc) is 3.11. The number of anilines is 1. The summed E-state index contributed by atoms with van der Waals surface area (Å²) in [5.74, 6) is 0.643. The number of fused-ring (bicyclic) bond motifs is 1. The Hall–Kier alpha value is -3.66. The van der Waals surface area contributed by atoms with Crippen molar-refractivity contribution in [2.45, 2.75) is 0 Å². The van der Waals surface area contributed by atoms with Crippen molar-refractivity contribution in [3.63, 3.8) is 0 Å². The molecule has 26 heavy (non-hydrogen) atoms. The minimum absolute atomic E-state index is 0.170. The molecule has 1 heterocycles. The number of aromatic nitrogens is 2. The van der Waals surface area contributed by atoms with Crippen LogP contribution >= 0.6 is 0 Å². The fraction of sp³-hybridized carbons (Fsp3) is 0. The predicted molar refractivity (Wildman–Crippen MR) is 106 cm³/mol. The van der Waals surface area contributed by atoms with Crippen LogP contribution in [0.3, 0.4) is 0 Å². The SMILES string of the molecule is O=C(/C=C/c1ccccc1)Nc1ccc2nc(-c3ccccc3)[nH]c2c1. The van der Waals surface area contributed by atoms with Gasteiger partial charge in [0.25, 0.3) is 0 Å². The number of nitrogens with one attached hydrogen (secondary N) is 2. The number of hydrogen-bond donors (Lipinski definition) is 2. The molecule has 4 aromatic rings. The summed E-state index contributed by atoms with van der Waals surface area (Å²) in [7, 11) is 0. The highest BCUT2D eigenvalue weighted by Gasteiger charge is 2.06. The van der Waals surface area contributed by atoms with Gasteiger partial charge in [-0.3, -0.25) is 4.79 Å². The zero-order valence-corrected chi connectivity index (χ0v) is 14.0. The zero-order chi connectivity index (χ0) is 17.8. The fourth-order valence-corrected chi connectivity index (χ4v) is 2.74. The molecule has 0 saturated carbocycles. The van der Waals surface area contributed by atoms with Crippen LogP contribution in [-0.4, -0.2) is 15.9 Å². The van der Waals surface area contributed by atoms with E-state index < -0.39 is 0 Å². The first kappa shape index (κ1) is 15.8. The van der Waals surface area contributed by atoms with Crippen molar-refractivity contribution in [3.05, 3.63) is 90.5 Å². The Morgan fingerprint density at radius 3 is 2.42 bits per heavy atom. The first-order valence-electron chi connectivity index (χ1n) is 8.37. The van der Waals surface area contributed by atoms with Crippen LogP contribution < -0.4 is 5.32 Å². The second kappa shape index (κ2) is 7.07. The van der Waals surface area contributed by atoms with Gasteiger partial charge in [0.15, 0.2) is 0 Å². The maximum absolute atomic E-state index is 12.1. The largest absolute Gasteiger partial charge is 0.338 e. The second-order valence-corrected chi connectivity index (χ2v) is 5.92. The molecule has 2 N–H and O–H groups in total. The molecule has 0 bridgehead atoms. The second-order valence-electron chi connectivity index (χ2n) is 5.92. The Labute approximate surface area is 151 Å². The third-order valence-corrected chi connectivity index (χ3v) is 4.02. The van der Waals surface area contributed by atoms with Crippen LogP contribution in [0.2, 0.25) is 0 Å². The number of benzene rings is 3. The van der Waals surface area contributed by atoms with Gasteiger partial charge < -0.3 is 10.3 Å². The molecule has 0 aliphatic heterocycles. The molecule has 0 atom stereocenters. The van der Waals surface area contributed by atoms with Gasteiger partial charge in [-0.1, -0.05) is 60.7 Å². The van der Waals surface area contributed by atoms with Crippen molar-refractivity contribution >= 4 is 28.7 Å². The molecule has 0 fully saturated rings. The van der Waals surface area contributed by atoms with Crippen molar-refractivity contribution in [3.8, 4) is 11.4 Å². The molecule has 0 saturated heterocycles. The molecule has 3 aromatic carbocycles. The first-order chi connectivity index (χ1) is 12.8. The van der Waals surface area contributed by atoms with E-state index in [0.29, 0.717) is 0 Å². The molecule has 4 rings (SSSR count). The van der Waals surface area contributed by atoms with Crippen LogP contribution in [0.4, 0.5) is 5.69 Å². The number of H-pyrrole nitrogens is 1. The summed E-state index contributed by atoms with van der Waals surface area (Å²) in [5.41, 5.74) is 4.48. The average molecular weight is 339 g/mol. The summed E-state index contributed by atoms with van der Waals surface area (Å²) in [4.78, 5) is 20.0.